The number of hydrogen-bond donors (Lipinski definition) is 7. The van der Waals surface area contributed by atoms with Gasteiger partial charge in [0.25, 0.3) is 0 Å². The van der Waals surface area contributed by atoms with Gasteiger partial charge in [0.05, 0.1) is 37.9 Å². The Morgan fingerprint density at radius 3 is 1.67 bits per heavy atom. The second-order valence-electron chi connectivity index (χ2n) is 15.6. The molecule has 3 unspecified atom stereocenters. The number of anilines is 3. The van der Waals surface area contributed by atoms with Crippen molar-refractivity contribution < 1.29 is 70.9 Å². The highest BCUT2D eigenvalue weighted by Crippen LogP contribution is 2.53. The highest BCUT2D eigenvalue weighted by molar-refractivity contribution is 8.07. The lowest BCUT2D eigenvalue weighted by Gasteiger charge is -2.28. The first kappa shape index (κ1) is 49.9. The summed E-state index contributed by atoms with van der Waals surface area (Å²) in [4.78, 5) is 59.6. The first-order valence-electron chi connectivity index (χ1n) is 20.5. The summed E-state index contributed by atoms with van der Waals surface area (Å²) in [7, 11) is -2.38. The number of aliphatic hydroxyl groups excluding tert-OH is 2. The number of rotatable bonds is 19. The Kier molecular flexibility index (Phi) is 14.6. The number of aliphatic hydroxyl groups is 2. The maximum atomic E-state index is 12.5. The van der Waals surface area contributed by atoms with Crippen LogP contribution in [-0.2, 0) is 74.5 Å². The Labute approximate surface area is 400 Å². The van der Waals surface area contributed by atoms with Crippen molar-refractivity contribution >= 4 is 96.0 Å². The van der Waals surface area contributed by atoms with Crippen molar-refractivity contribution in [3.8, 4) is 0 Å². The van der Waals surface area contributed by atoms with Gasteiger partial charge in [-0.15, -0.1) is 9.05 Å². The minimum absolute atomic E-state index is 0.0381. The van der Waals surface area contributed by atoms with E-state index < -0.39 is 102 Å². The Morgan fingerprint density at radius 2 is 1.14 bits per heavy atom. The minimum Gasteiger partial charge on any atom is -0.387 e. The van der Waals surface area contributed by atoms with Crippen LogP contribution in [0.1, 0.15) is 25.1 Å². The summed E-state index contributed by atoms with van der Waals surface area (Å²) >= 11 is 11.3. The van der Waals surface area contributed by atoms with E-state index in [0.29, 0.717) is 0 Å². The molecule has 69 heavy (non-hydrogen) atoms. The van der Waals surface area contributed by atoms with Crippen molar-refractivity contribution in [3.05, 3.63) is 38.0 Å². The molecule has 15 atom stereocenters. The Hall–Kier alpha value is -4.11. The van der Waals surface area contributed by atoms with Gasteiger partial charge in [-0.25, -0.2) is 44.9 Å². The molecule has 3 aliphatic rings. The van der Waals surface area contributed by atoms with Gasteiger partial charge in [0.2, 0.25) is 11.8 Å². The summed E-state index contributed by atoms with van der Waals surface area (Å²) in [5, 5.41) is 22.0. The summed E-state index contributed by atoms with van der Waals surface area (Å²) in [5.41, 5.74) is 19.7. The summed E-state index contributed by atoms with van der Waals surface area (Å²) in [6, 6.07) is 0. The fourth-order valence-corrected chi connectivity index (χ4v) is 11.7. The second kappa shape index (κ2) is 20.2. The van der Waals surface area contributed by atoms with E-state index in [4.69, 9.17) is 87.1 Å². The fourth-order valence-electron chi connectivity index (χ4n) is 8.29. The summed E-state index contributed by atoms with van der Waals surface area (Å²) < 4.78 is 76.8. The van der Waals surface area contributed by atoms with Crippen LogP contribution in [0.4, 0.5) is 17.5 Å². The van der Waals surface area contributed by atoms with Crippen LogP contribution >= 0.6 is 21.5 Å². The molecule has 0 saturated carbocycles. The summed E-state index contributed by atoms with van der Waals surface area (Å²) in [6.07, 6.45) is -6.11. The maximum Gasteiger partial charge on any atom is 0.522 e. The molecule has 35 heteroatoms. The predicted molar refractivity (Wildman–Crippen MR) is 243 cm³/mol. The lowest BCUT2D eigenvalue weighted by Crippen LogP contribution is -2.37. The van der Waals surface area contributed by atoms with Crippen LogP contribution in [0.3, 0.4) is 0 Å². The van der Waals surface area contributed by atoms with Gasteiger partial charge in [0.1, 0.15) is 84.9 Å². The highest BCUT2D eigenvalue weighted by Gasteiger charge is 2.54. The molecular formula is C34H45N15O15P3S2+. The molecule has 10 N–H and O–H groups in total. The SMILES string of the molecule is CO[C@H]1[C@@H](O[P+](=S)OC[C@H]2O[C@@H](n3cnc4c(N)ncnc43)[C@H](O)[C@@H]2O)[C@H](n2cnc3c(N)ncnc32)O[C@@H]1COP(O)(=S)O[C@@H]1[C@H](OC)[C@@H](CCP(=O)(O)OC)O[C@H]1n1cnc2c(N)ncnc21. The van der Waals surface area contributed by atoms with Gasteiger partial charge in [-0.1, -0.05) is 0 Å². The molecule has 30 nitrogen and oxygen atoms in total. The van der Waals surface area contributed by atoms with Crippen molar-refractivity contribution in [2.24, 2.45) is 0 Å². The Morgan fingerprint density at radius 1 is 0.667 bits per heavy atom. The average molecular weight is 1060 g/mol. The van der Waals surface area contributed by atoms with Crippen LogP contribution in [0.2, 0.25) is 0 Å². The van der Waals surface area contributed by atoms with E-state index in [1.54, 1.807) is 0 Å². The predicted octanol–water partition coefficient (Wildman–Crippen LogP) is -0.287. The topological polar surface area (TPSA) is 399 Å². The van der Waals surface area contributed by atoms with Gasteiger partial charge in [-0.05, 0) is 18.2 Å². The molecule has 0 radical (unpaired) electrons. The molecule has 0 aliphatic carbocycles. The van der Waals surface area contributed by atoms with Gasteiger partial charge in [0.15, 0.2) is 59.2 Å². The van der Waals surface area contributed by atoms with Crippen LogP contribution in [0.5, 0.6) is 0 Å². The molecule has 0 spiro atoms. The Balaban J connectivity index is 0.926. The monoisotopic (exact) mass is 1060 g/mol. The minimum atomic E-state index is -4.32. The molecule has 3 fully saturated rings. The second-order valence-corrected chi connectivity index (χ2v) is 22.3. The van der Waals surface area contributed by atoms with Crippen LogP contribution in [0, 0.1) is 0 Å². The molecule has 0 bridgehead atoms. The summed E-state index contributed by atoms with van der Waals surface area (Å²) in [5.74, 6) is 0.299. The van der Waals surface area contributed by atoms with Crippen molar-refractivity contribution in [3.63, 3.8) is 0 Å². The molecule has 0 aromatic carbocycles. The zero-order valence-corrected chi connectivity index (χ0v) is 40.6. The number of nitrogens with two attached hydrogens (primary N) is 3. The van der Waals surface area contributed by atoms with Crippen LogP contribution in [0.25, 0.3) is 33.5 Å². The van der Waals surface area contributed by atoms with Crippen LogP contribution < -0.4 is 17.2 Å². The third-order valence-electron chi connectivity index (χ3n) is 11.6. The van der Waals surface area contributed by atoms with E-state index in [9.17, 15) is 24.6 Å². The quantitative estimate of drug-likeness (QED) is 0.0513. The first-order chi connectivity index (χ1) is 33.0. The van der Waals surface area contributed by atoms with Crippen molar-refractivity contribution in [2.45, 2.75) is 80.0 Å². The lowest BCUT2D eigenvalue weighted by atomic mass is 10.1. The number of nitrogens with zero attached hydrogens (tertiary/aromatic N) is 12. The molecule has 3 saturated heterocycles. The third-order valence-corrected chi connectivity index (χ3v) is 15.9. The standard InChI is InChI=1S/C34H44N15O15P3S2/c1-55-22-14(4-5-66(52,53)57-3)60-34(49-13-46-19-28(37)40-10-43-31(19)49)25(22)64-67(54,69)59-7-16-23(56-2)24(33(62-16)48-12-45-18-27(36)39-9-42-30(18)48)63-65(68)58-6-15-20(50)21(51)32(61-15)47-11-44-17-26(35)38-8-41-29(17)47/h8-16,20-25,32-34,50-51H,4-7H2,1-3H3,(H7-,35,36,37,38,39,40,41,42,43,52,53,54,69)/p+1/t14-,15-,16-,20-,21-,22-,23-,24-,25-,32-,33-,34-,67?/m1/s1. The maximum absolute atomic E-state index is 12.5. The van der Waals surface area contributed by atoms with Crippen LogP contribution in [-0.4, -0.2) is 174 Å². The molecule has 9 heterocycles. The molecule has 0 amide bonds. The molecule has 6 aromatic rings. The highest BCUT2D eigenvalue weighted by atomic mass is 32.5. The van der Waals surface area contributed by atoms with E-state index in [-0.39, 0.29) is 70.1 Å². The van der Waals surface area contributed by atoms with E-state index in [1.807, 2.05) is 0 Å². The van der Waals surface area contributed by atoms with Crippen LogP contribution in [0.15, 0.2) is 38.0 Å². The van der Waals surface area contributed by atoms with Crippen molar-refractivity contribution in [1.82, 2.24) is 58.6 Å². The number of methoxy groups -OCH3 is 2. The number of nitrogen functional groups attached to an aromatic ring is 3. The zero-order chi connectivity index (χ0) is 48.9. The van der Waals surface area contributed by atoms with Gasteiger partial charge < -0.3 is 69.9 Å². The fraction of sp³-hybridized carbons (Fsp3) is 0.559. The van der Waals surface area contributed by atoms with E-state index in [0.717, 1.165) is 7.11 Å². The van der Waals surface area contributed by atoms with Gasteiger partial charge >= 0.3 is 21.5 Å². The average Bonchev–Trinajstić information content (AvgIpc) is 4.19. The van der Waals surface area contributed by atoms with Crippen molar-refractivity contribution in [2.75, 3.05) is 57.9 Å². The summed E-state index contributed by atoms with van der Waals surface area (Å²) in [6.45, 7) is -5.10. The number of ether oxygens (including phenoxy) is 5. The van der Waals surface area contributed by atoms with Gasteiger partial charge in [-0.3, -0.25) is 22.8 Å². The smallest absolute Gasteiger partial charge is 0.387 e. The molecule has 9 rings (SSSR count). The molecule has 6 aromatic heterocycles. The number of aromatic nitrogens is 12. The van der Waals surface area contributed by atoms with Crippen molar-refractivity contribution in [1.29, 1.82) is 0 Å². The first-order valence-corrected chi connectivity index (χ1v) is 27.0. The molecule has 3 aliphatic heterocycles. The lowest BCUT2D eigenvalue weighted by molar-refractivity contribution is -0.0577. The third kappa shape index (κ3) is 9.82. The number of fused-ring (bicyclic) bond motifs is 3. The normalized spacial score (nSPS) is 30.4. The van der Waals surface area contributed by atoms with E-state index >= 15 is 0 Å². The number of imidazole rings is 3. The van der Waals surface area contributed by atoms with Gasteiger partial charge in [0, 0.05) is 21.3 Å². The van der Waals surface area contributed by atoms with E-state index in [1.165, 1.54) is 65.9 Å². The number of hydrogen-bond acceptors (Lipinski definition) is 27. The Bertz CT molecular complexity index is 2940. The largest absolute Gasteiger partial charge is 0.522 e. The molecule has 372 valence electrons. The van der Waals surface area contributed by atoms with E-state index in [2.05, 4.69) is 44.9 Å². The molecular weight excluding hydrogens is 1020 g/mol. The zero-order valence-electron chi connectivity index (χ0n) is 36.3. The van der Waals surface area contributed by atoms with Gasteiger partial charge in [-0.2, -0.15) is 0 Å².